The van der Waals surface area contributed by atoms with Gasteiger partial charge in [0, 0.05) is 12.8 Å². The Bertz CT molecular complexity index is 485. The summed E-state index contributed by atoms with van der Waals surface area (Å²) >= 11 is 0. The van der Waals surface area contributed by atoms with Gasteiger partial charge in [-0.25, -0.2) is 0 Å². The molecule has 2 rings (SSSR count). The van der Waals surface area contributed by atoms with Gasteiger partial charge in [-0.05, 0) is 75.4 Å². The molecule has 0 amide bonds. The molecule has 0 heterocycles. The number of unbranched alkanes of at least 4 members (excludes halogenated alkanes) is 5. The summed E-state index contributed by atoms with van der Waals surface area (Å²) in [6.45, 7) is 0.985. The Balaban J connectivity index is 1.36. The molecule has 4 heteroatoms. The number of rotatable bonds is 13. The number of hydrogen-bond acceptors (Lipinski definition) is 4. The van der Waals surface area contributed by atoms with Crippen molar-refractivity contribution < 1.29 is 19.1 Å². The highest BCUT2D eigenvalue weighted by molar-refractivity contribution is 5.69. The molecule has 28 heavy (non-hydrogen) atoms. The molecule has 0 saturated heterocycles. The van der Waals surface area contributed by atoms with E-state index in [4.69, 9.17) is 9.47 Å². The number of esters is 2. The molecule has 0 aliphatic heterocycles. The molecule has 2 aliphatic rings. The quantitative estimate of drug-likeness (QED) is 0.214. The average molecular weight is 391 g/mol. The molecule has 0 spiro atoms. The number of ether oxygens (including phenoxy) is 2. The molecule has 0 unspecified atom stereocenters. The van der Waals surface area contributed by atoms with Crippen molar-refractivity contribution in [1.29, 1.82) is 0 Å². The van der Waals surface area contributed by atoms with Gasteiger partial charge in [-0.2, -0.15) is 0 Å². The van der Waals surface area contributed by atoms with E-state index in [0.717, 1.165) is 64.2 Å². The zero-order chi connectivity index (χ0) is 19.9. The Morgan fingerprint density at radius 1 is 0.643 bits per heavy atom. The van der Waals surface area contributed by atoms with Crippen LogP contribution in [0.15, 0.2) is 23.3 Å². The first-order chi connectivity index (χ1) is 13.7. The minimum Gasteiger partial charge on any atom is -0.461 e. The highest BCUT2D eigenvalue weighted by Gasteiger charge is 2.09. The molecule has 0 aromatic carbocycles. The predicted octanol–water partition coefficient (Wildman–Crippen LogP) is 6.19. The molecule has 0 saturated carbocycles. The molecule has 0 aromatic heterocycles. The van der Waals surface area contributed by atoms with Crippen LogP contribution in [0.3, 0.4) is 0 Å². The van der Waals surface area contributed by atoms with Crippen LogP contribution in [0.25, 0.3) is 0 Å². The van der Waals surface area contributed by atoms with Gasteiger partial charge < -0.3 is 9.47 Å². The lowest BCUT2D eigenvalue weighted by atomic mass is 10.0. The summed E-state index contributed by atoms with van der Waals surface area (Å²) in [5.41, 5.74) is 2.57. The maximum Gasteiger partial charge on any atom is 0.306 e. The highest BCUT2D eigenvalue weighted by atomic mass is 16.5. The van der Waals surface area contributed by atoms with Gasteiger partial charge in [0.05, 0.1) is 0 Å². The fraction of sp³-hybridized carbons (Fsp3) is 0.750. The topological polar surface area (TPSA) is 52.6 Å². The van der Waals surface area contributed by atoms with E-state index < -0.39 is 0 Å². The first-order valence-corrected chi connectivity index (χ1v) is 11.4. The molecule has 158 valence electrons. The molecule has 4 nitrogen and oxygen atoms in total. The van der Waals surface area contributed by atoms with Crippen LogP contribution in [0.2, 0.25) is 0 Å². The lowest BCUT2D eigenvalue weighted by Crippen LogP contribution is -2.09. The Morgan fingerprint density at radius 3 is 1.46 bits per heavy atom. The largest absolute Gasteiger partial charge is 0.461 e. The van der Waals surface area contributed by atoms with Gasteiger partial charge >= 0.3 is 11.9 Å². The zero-order valence-electron chi connectivity index (χ0n) is 17.5. The van der Waals surface area contributed by atoms with Gasteiger partial charge in [-0.15, -0.1) is 0 Å². The third kappa shape index (κ3) is 10.7. The molecule has 0 radical (unpaired) electrons. The first kappa shape index (κ1) is 22.7. The van der Waals surface area contributed by atoms with Gasteiger partial charge in [0.1, 0.15) is 13.2 Å². The summed E-state index contributed by atoms with van der Waals surface area (Å²) in [6, 6.07) is 0. The summed E-state index contributed by atoms with van der Waals surface area (Å²) in [5.74, 6) is -0.135. The van der Waals surface area contributed by atoms with Crippen molar-refractivity contribution in [2.75, 3.05) is 13.2 Å². The maximum absolute atomic E-state index is 11.8. The third-order valence-corrected chi connectivity index (χ3v) is 5.62. The van der Waals surface area contributed by atoms with E-state index >= 15 is 0 Å². The number of carbonyl (C=O) groups is 2. The number of allylic oxidation sites excluding steroid dienone is 2. The van der Waals surface area contributed by atoms with Crippen molar-refractivity contribution in [1.82, 2.24) is 0 Å². The Hall–Kier alpha value is -1.58. The van der Waals surface area contributed by atoms with E-state index in [1.165, 1.54) is 36.8 Å². The van der Waals surface area contributed by atoms with E-state index in [0.29, 0.717) is 26.1 Å². The number of hydrogen-bond donors (Lipinski definition) is 0. The molecule has 0 aromatic rings. The Kier molecular flexibility index (Phi) is 11.7. The fourth-order valence-corrected chi connectivity index (χ4v) is 3.81. The smallest absolute Gasteiger partial charge is 0.306 e. The van der Waals surface area contributed by atoms with Crippen molar-refractivity contribution in [3.05, 3.63) is 23.3 Å². The zero-order valence-corrected chi connectivity index (χ0v) is 17.5. The van der Waals surface area contributed by atoms with Gasteiger partial charge in [0.25, 0.3) is 0 Å². The SMILES string of the molecule is O=C(CCCCCCCCC(=O)OCC1=CCCCC1)OCC1=CCCCC1. The molecule has 0 fully saturated rings. The summed E-state index contributed by atoms with van der Waals surface area (Å²) in [4.78, 5) is 23.5. The molecule has 2 aliphatic carbocycles. The van der Waals surface area contributed by atoms with E-state index in [2.05, 4.69) is 12.2 Å². The lowest BCUT2D eigenvalue weighted by Gasteiger charge is -2.13. The molecule has 0 bridgehead atoms. The van der Waals surface area contributed by atoms with E-state index in [1.54, 1.807) is 0 Å². The van der Waals surface area contributed by atoms with Crippen LogP contribution in [-0.2, 0) is 19.1 Å². The van der Waals surface area contributed by atoms with Gasteiger partial charge in [-0.3, -0.25) is 9.59 Å². The third-order valence-electron chi connectivity index (χ3n) is 5.62. The minimum atomic E-state index is -0.0673. The summed E-state index contributed by atoms with van der Waals surface area (Å²) in [6.07, 6.45) is 21.0. The summed E-state index contributed by atoms with van der Waals surface area (Å²) in [7, 11) is 0. The van der Waals surface area contributed by atoms with Gasteiger partial charge in [0.15, 0.2) is 0 Å². The average Bonchev–Trinajstić information content (AvgIpc) is 2.74. The van der Waals surface area contributed by atoms with E-state index in [-0.39, 0.29) is 11.9 Å². The Morgan fingerprint density at radius 2 is 1.07 bits per heavy atom. The number of carbonyl (C=O) groups excluding carboxylic acids is 2. The summed E-state index contributed by atoms with van der Waals surface area (Å²) < 4.78 is 10.7. The van der Waals surface area contributed by atoms with Crippen LogP contribution in [0.4, 0.5) is 0 Å². The van der Waals surface area contributed by atoms with Crippen molar-refractivity contribution in [3.8, 4) is 0 Å². The van der Waals surface area contributed by atoms with Gasteiger partial charge in [-0.1, -0.05) is 37.8 Å². The highest BCUT2D eigenvalue weighted by Crippen LogP contribution is 2.19. The van der Waals surface area contributed by atoms with E-state index in [9.17, 15) is 9.59 Å². The van der Waals surface area contributed by atoms with Crippen LogP contribution in [-0.4, -0.2) is 25.2 Å². The Labute approximate surface area is 170 Å². The second-order valence-electron chi connectivity index (χ2n) is 8.16. The second kappa shape index (κ2) is 14.4. The van der Waals surface area contributed by atoms with Crippen molar-refractivity contribution in [2.45, 2.75) is 103 Å². The lowest BCUT2D eigenvalue weighted by molar-refractivity contribution is -0.143. The fourth-order valence-electron chi connectivity index (χ4n) is 3.81. The normalized spacial score (nSPS) is 16.9. The van der Waals surface area contributed by atoms with Crippen LogP contribution >= 0.6 is 0 Å². The standard InChI is InChI=1S/C24H38O4/c25-23(27-19-21-13-7-5-8-14-21)17-11-3-1-2-4-12-18-24(26)28-20-22-15-9-6-10-16-22/h13,15H,1-12,14,16-20H2. The molecule has 0 N–H and O–H groups in total. The van der Waals surface area contributed by atoms with Crippen LogP contribution in [0, 0.1) is 0 Å². The summed E-state index contributed by atoms with van der Waals surface area (Å²) in [5, 5.41) is 0. The molecular weight excluding hydrogens is 352 g/mol. The second-order valence-corrected chi connectivity index (χ2v) is 8.16. The van der Waals surface area contributed by atoms with Gasteiger partial charge in [0.2, 0.25) is 0 Å². The minimum absolute atomic E-state index is 0.0673. The van der Waals surface area contributed by atoms with Crippen molar-refractivity contribution in [2.24, 2.45) is 0 Å². The molecular formula is C24H38O4. The molecule has 0 atom stereocenters. The predicted molar refractivity (Wildman–Crippen MR) is 112 cm³/mol. The first-order valence-electron chi connectivity index (χ1n) is 11.4. The monoisotopic (exact) mass is 390 g/mol. The van der Waals surface area contributed by atoms with Crippen molar-refractivity contribution in [3.63, 3.8) is 0 Å². The van der Waals surface area contributed by atoms with E-state index in [1.807, 2.05) is 0 Å². The van der Waals surface area contributed by atoms with Crippen LogP contribution in [0.1, 0.15) is 103 Å². The van der Waals surface area contributed by atoms with Crippen molar-refractivity contribution >= 4 is 11.9 Å². The van der Waals surface area contributed by atoms with Crippen LogP contribution < -0.4 is 0 Å². The maximum atomic E-state index is 11.8. The van der Waals surface area contributed by atoms with Crippen LogP contribution in [0.5, 0.6) is 0 Å².